The van der Waals surface area contributed by atoms with Crippen LogP contribution in [0.15, 0.2) is 23.2 Å². The summed E-state index contributed by atoms with van der Waals surface area (Å²) in [6, 6.07) is 5.60. The van der Waals surface area contributed by atoms with Crippen molar-refractivity contribution in [1.82, 2.24) is 4.98 Å². The molecule has 1 N–H and O–H groups in total. The van der Waals surface area contributed by atoms with Gasteiger partial charge in [0.15, 0.2) is 0 Å². The molecule has 1 aliphatic rings. The van der Waals surface area contributed by atoms with Gasteiger partial charge < -0.3 is 5.11 Å². The van der Waals surface area contributed by atoms with Crippen molar-refractivity contribution in [3.63, 3.8) is 0 Å². The number of pyridine rings is 1. The molecule has 2 rings (SSSR count). The SMILES string of the molecule is N#CCC1(CSc2ccnc(C(=O)O)c2)CC1. The van der Waals surface area contributed by atoms with Crippen LogP contribution in [0.5, 0.6) is 0 Å². The Kier molecular flexibility index (Phi) is 3.34. The molecule has 88 valence electrons. The van der Waals surface area contributed by atoms with Gasteiger partial charge in [-0.1, -0.05) is 0 Å². The first-order valence-electron chi connectivity index (χ1n) is 5.34. The fraction of sp³-hybridized carbons (Fsp3) is 0.417. The molecule has 4 nitrogen and oxygen atoms in total. The number of hydrogen-bond acceptors (Lipinski definition) is 4. The molecule has 0 amide bonds. The van der Waals surface area contributed by atoms with Crippen molar-refractivity contribution in [2.75, 3.05) is 5.75 Å². The van der Waals surface area contributed by atoms with Gasteiger partial charge in [0.05, 0.1) is 6.07 Å². The van der Waals surface area contributed by atoms with Crippen LogP contribution in [0.3, 0.4) is 0 Å². The molecule has 0 bridgehead atoms. The second-order valence-corrected chi connectivity index (χ2v) is 5.35. The Labute approximate surface area is 104 Å². The van der Waals surface area contributed by atoms with Crippen molar-refractivity contribution in [2.24, 2.45) is 5.41 Å². The predicted octanol–water partition coefficient (Wildman–Crippen LogP) is 2.57. The van der Waals surface area contributed by atoms with Gasteiger partial charge in [-0.3, -0.25) is 0 Å². The van der Waals surface area contributed by atoms with E-state index in [4.69, 9.17) is 10.4 Å². The highest BCUT2D eigenvalue weighted by Gasteiger charge is 2.42. The largest absolute Gasteiger partial charge is 0.477 e. The smallest absolute Gasteiger partial charge is 0.354 e. The van der Waals surface area contributed by atoms with Gasteiger partial charge in [0, 0.05) is 23.3 Å². The molecule has 17 heavy (non-hydrogen) atoms. The first-order valence-corrected chi connectivity index (χ1v) is 6.33. The van der Waals surface area contributed by atoms with E-state index < -0.39 is 5.97 Å². The molecule has 1 saturated carbocycles. The average Bonchev–Trinajstić information content (AvgIpc) is 3.08. The molecule has 0 aliphatic heterocycles. The maximum atomic E-state index is 10.8. The molecule has 1 aliphatic carbocycles. The second-order valence-electron chi connectivity index (χ2n) is 4.31. The lowest BCUT2D eigenvalue weighted by atomic mass is 10.1. The molecule has 1 aromatic heterocycles. The average molecular weight is 248 g/mol. The minimum absolute atomic E-state index is 0.0696. The molecule has 0 saturated heterocycles. The minimum Gasteiger partial charge on any atom is -0.477 e. The van der Waals surface area contributed by atoms with Gasteiger partial charge >= 0.3 is 5.97 Å². The van der Waals surface area contributed by atoms with Crippen LogP contribution in [-0.2, 0) is 0 Å². The van der Waals surface area contributed by atoms with Crippen LogP contribution in [0, 0.1) is 16.7 Å². The third kappa shape index (κ3) is 2.98. The van der Waals surface area contributed by atoms with Crippen molar-refractivity contribution >= 4 is 17.7 Å². The summed E-state index contributed by atoms with van der Waals surface area (Å²) < 4.78 is 0. The number of hydrogen-bond donors (Lipinski definition) is 1. The minimum atomic E-state index is -1.01. The number of thioether (sulfide) groups is 1. The standard InChI is InChI=1S/C12H12N2O2S/c13-5-4-12(2-3-12)8-17-9-1-6-14-10(7-9)11(15)16/h1,6-7H,2-4,8H2,(H,15,16). The van der Waals surface area contributed by atoms with Gasteiger partial charge in [0.2, 0.25) is 0 Å². The van der Waals surface area contributed by atoms with E-state index >= 15 is 0 Å². The van der Waals surface area contributed by atoms with E-state index in [0.717, 1.165) is 23.5 Å². The Morgan fingerprint density at radius 2 is 2.41 bits per heavy atom. The third-order valence-electron chi connectivity index (χ3n) is 2.91. The molecule has 0 aromatic carbocycles. The summed E-state index contributed by atoms with van der Waals surface area (Å²) in [5.74, 6) is -0.130. The highest BCUT2D eigenvalue weighted by Crippen LogP contribution is 2.51. The van der Waals surface area contributed by atoms with Crippen LogP contribution < -0.4 is 0 Å². The molecule has 0 unspecified atom stereocenters. The Morgan fingerprint density at radius 3 is 3.00 bits per heavy atom. The summed E-state index contributed by atoms with van der Waals surface area (Å²) in [6.45, 7) is 0. The zero-order valence-electron chi connectivity index (χ0n) is 9.22. The number of aromatic carboxylic acids is 1. The summed E-state index contributed by atoms with van der Waals surface area (Å²) in [5.41, 5.74) is 0.242. The van der Waals surface area contributed by atoms with Gasteiger partial charge in [-0.05, 0) is 30.4 Å². The van der Waals surface area contributed by atoms with Crippen LogP contribution in [0.2, 0.25) is 0 Å². The van der Waals surface area contributed by atoms with E-state index in [-0.39, 0.29) is 11.1 Å². The topological polar surface area (TPSA) is 74.0 Å². The molecule has 0 radical (unpaired) electrons. The zero-order chi connectivity index (χ0) is 12.3. The van der Waals surface area contributed by atoms with Gasteiger partial charge in [-0.25, -0.2) is 9.78 Å². The number of carbonyl (C=O) groups is 1. The number of nitrogens with zero attached hydrogens (tertiary/aromatic N) is 2. The number of rotatable bonds is 5. The lowest BCUT2D eigenvalue weighted by Crippen LogP contribution is -2.03. The van der Waals surface area contributed by atoms with E-state index in [1.807, 2.05) is 0 Å². The number of carboxylic acids is 1. The lowest BCUT2D eigenvalue weighted by molar-refractivity contribution is 0.0690. The van der Waals surface area contributed by atoms with E-state index in [0.29, 0.717) is 6.42 Å². The maximum Gasteiger partial charge on any atom is 0.354 e. The van der Waals surface area contributed by atoms with Gasteiger partial charge in [-0.2, -0.15) is 5.26 Å². The highest BCUT2D eigenvalue weighted by atomic mass is 32.2. The van der Waals surface area contributed by atoms with E-state index in [9.17, 15) is 4.79 Å². The summed E-state index contributed by atoms with van der Waals surface area (Å²) in [4.78, 5) is 15.4. The van der Waals surface area contributed by atoms with E-state index in [1.54, 1.807) is 23.9 Å². The number of aromatic nitrogens is 1. The summed E-state index contributed by atoms with van der Waals surface area (Å²) in [5, 5.41) is 17.5. The monoisotopic (exact) mass is 248 g/mol. The van der Waals surface area contributed by atoms with Crippen molar-refractivity contribution in [2.45, 2.75) is 24.2 Å². The van der Waals surface area contributed by atoms with Crippen molar-refractivity contribution in [3.8, 4) is 6.07 Å². The van der Waals surface area contributed by atoms with E-state index in [2.05, 4.69) is 11.1 Å². The normalized spacial score (nSPS) is 16.2. The predicted molar refractivity (Wildman–Crippen MR) is 63.8 cm³/mol. The molecule has 0 atom stereocenters. The van der Waals surface area contributed by atoms with Crippen LogP contribution >= 0.6 is 11.8 Å². The highest BCUT2D eigenvalue weighted by molar-refractivity contribution is 7.99. The van der Waals surface area contributed by atoms with Crippen LogP contribution in [0.4, 0.5) is 0 Å². The number of carboxylic acid groups (broad SMARTS) is 1. The molecular formula is C12H12N2O2S. The Hall–Kier alpha value is -1.54. The summed E-state index contributed by atoms with van der Waals surface area (Å²) in [6.07, 6.45) is 4.31. The van der Waals surface area contributed by atoms with Gasteiger partial charge in [0.1, 0.15) is 5.69 Å². The summed E-state index contributed by atoms with van der Waals surface area (Å²) in [7, 11) is 0. The van der Waals surface area contributed by atoms with Crippen LogP contribution in [0.1, 0.15) is 29.8 Å². The summed E-state index contributed by atoms with van der Waals surface area (Å²) >= 11 is 1.61. The number of nitriles is 1. The molecule has 1 heterocycles. The second kappa shape index (κ2) is 4.76. The third-order valence-corrected chi connectivity index (χ3v) is 4.25. The first-order chi connectivity index (χ1) is 8.15. The lowest BCUT2D eigenvalue weighted by Gasteiger charge is -2.09. The fourth-order valence-corrected chi connectivity index (χ4v) is 2.79. The van der Waals surface area contributed by atoms with Gasteiger partial charge in [0.25, 0.3) is 0 Å². The van der Waals surface area contributed by atoms with Crippen molar-refractivity contribution < 1.29 is 9.90 Å². The molecule has 1 fully saturated rings. The quantitative estimate of drug-likeness (QED) is 0.810. The fourth-order valence-electron chi connectivity index (χ4n) is 1.57. The Bertz CT molecular complexity index is 478. The zero-order valence-corrected chi connectivity index (χ0v) is 10.0. The van der Waals surface area contributed by atoms with Crippen LogP contribution in [-0.4, -0.2) is 21.8 Å². The molecular weight excluding hydrogens is 236 g/mol. The van der Waals surface area contributed by atoms with Crippen LogP contribution in [0.25, 0.3) is 0 Å². The van der Waals surface area contributed by atoms with Crippen molar-refractivity contribution in [3.05, 3.63) is 24.0 Å². The first kappa shape index (κ1) is 11.9. The Balaban J connectivity index is 1.98. The molecule has 1 aromatic rings. The molecule has 5 heteroatoms. The van der Waals surface area contributed by atoms with Crippen molar-refractivity contribution in [1.29, 1.82) is 5.26 Å². The Morgan fingerprint density at radius 1 is 1.65 bits per heavy atom. The van der Waals surface area contributed by atoms with Gasteiger partial charge in [-0.15, -0.1) is 11.8 Å². The maximum absolute atomic E-state index is 10.8. The van der Waals surface area contributed by atoms with E-state index in [1.165, 1.54) is 6.20 Å². The molecule has 0 spiro atoms.